The topological polar surface area (TPSA) is 95.0 Å². The monoisotopic (exact) mass is 303 g/mol. The van der Waals surface area contributed by atoms with E-state index in [0.29, 0.717) is 18.7 Å². The van der Waals surface area contributed by atoms with Gasteiger partial charge in [0.2, 0.25) is 5.91 Å². The Labute approximate surface area is 148 Å². The number of rotatable bonds is 1. The normalized spacial score (nSPS) is 21.0. The van der Waals surface area contributed by atoms with Crippen LogP contribution in [-0.4, -0.2) is 21.8 Å². The molecule has 1 aliphatic carbocycles. The molecule has 1 atom stereocenters. The minimum absolute atomic E-state index is 0. The maximum absolute atomic E-state index is 12.4. The minimum Gasteiger partial charge on any atom is -0.543 e. The molecule has 1 N–H and O–H groups in total. The molecule has 2 aliphatic rings. The number of hydrogen-bond acceptors (Lipinski definition) is 5. The van der Waals surface area contributed by atoms with Crippen molar-refractivity contribution in [2.24, 2.45) is 0 Å². The number of carbonyl (C=O) groups is 2. The van der Waals surface area contributed by atoms with Gasteiger partial charge in [-0.1, -0.05) is 6.07 Å². The molecule has 0 saturated carbocycles. The molecule has 3 heterocycles. The summed E-state index contributed by atoms with van der Waals surface area (Å²) in [6, 6.07) is 5.19. The van der Waals surface area contributed by atoms with Crippen molar-refractivity contribution in [1.82, 2.24) is 9.97 Å². The molecule has 0 aromatic carbocycles. The first-order chi connectivity index (χ1) is 10.1. The summed E-state index contributed by atoms with van der Waals surface area (Å²) in [6.45, 7) is 0. The summed E-state index contributed by atoms with van der Waals surface area (Å²) in [5.74, 6) is -0.817. The van der Waals surface area contributed by atoms with Crippen LogP contribution in [0, 0.1) is 0 Å². The van der Waals surface area contributed by atoms with Crippen LogP contribution in [0.25, 0.3) is 0 Å². The molecule has 1 spiro atoms. The van der Waals surface area contributed by atoms with Crippen molar-refractivity contribution in [3.8, 4) is 0 Å². The molecule has 6 nitrogen and oxygen atoms in total. The van der Waals surface area contributed by atoms with Crippen molar-refractivity contribution in [2.45, 2.75) is 18.3 Å². The van der Waals surface area contributed by atoms with Crippen molar-refractivity contribution in [2.75, 3.05) is 5.32 Å². The zero-order valence-corrected chi connectivity index (χ0v) is 13.9. The van der Waals surface area contributed by atoms with Crippen molar-refractivity contribution in [3.05, 3.63) is 53.0 Å². The molecule has 104 valence electrons. The van der Waals surface area contributed by atoms with Gasteiger partial charge in [-0.05, 0) is 36.1 Å². The number of carboxylic acids is 1. The molecule has 2 aromatic rings. The number of nitrogens with one attached hydrogen (secondary N) is 1. The first-order valence-corrected chi connectivity index (χ1v) is 6.56. The van der Waals surface area contributed by atoms with Gasteiger partial charge in [-0.25, -0.2) is 4.98 Å². The Balaban J connectivity index is 0.00000144. The Hall–Kier alpha value is -1.76. The first-order valence-electron chi connectivity index (χ1n) is 6.56. The summed E-state index contributed by atoms with van der Waals surface area (Å²) >= 11 is 0. The fourth-order valence-corrected chi connectivity index (χ4v) is 3.27. The van der Waals surface area contributed by atoms with Crippen molar-refractivity contribution in [1.29, 1.82) is 0 Å². The van der Waals surface area contributed by atoms with Gasteiger partial charge in [0.05, 0.1) is 17.1 Å². The molecule has 0 saturated heterocycles. The van der Waals surface area contributed by atoms with E-state index in [1.807, 2.05) is 6.07 Å². The van der Waals surface area contributed by atoms with E-state index in [-0.39, 0.29) is 41.2 Å². The number of aromatic carboxylic acids is 1. The number of carbonyl (C=O) groups excluding carboxylic acids is 2. The zero-order chi connectivity index (χ0) is 14.6. The van der Waals surface area contributed by atoms with Gasteiger partial charge >= 0.3 is 29.6 Å². The Morgan fingerprint density at radius 3 is 2.82 bits per heavy atom. The Morgan fingerprint density at radius 2 is 2.05 bits per heavy atom. The van der Waals surface area contributed by atoms with Crippen LogP contribution in [0.15, 0.2) is 30.6 Å². The average molecular weight is 303 g/mol. The van der Waals surface area contributed by atoms with Crippen molar-refractivity contribution in [3.63, 3.8) is 0 Å². The Kier molecular flexibility index (Phi) is 3.55. The smallest absolute Gasteiger partial charge is 0.543 e. The molecule has 4 rings (SSSR count). The van der Waals surface area contributed by atoms with Crippen LogP contribution in [0.2, 0.25) is 0 Å². The standard InChI is InChI=1S/C15H11N3O3.Na/c19-13(20)11-4-8-5-15(6-9(8)7-17-11)10-2-1-3-16-12(10)18-14(15)21;/h1-4,7H,5-6H2,(H,19,20)(H,16,18,21);/q;+1/p-1. The van der Waals surface area contributed by atoms with Gasteiger partial charge in [0.25, 0.3) is 0 Å². The van der Waals surface area contributed by atoms with Crippen molar-refractivity contribution >= 4 is 17.7 Å². The number of anilines is 1. The second kappa shape index (κ2) is 5.15. The maximum atomic E-state index is 12.4. The van der Waals surface area contributed by atoms with E-state index in [1.54, 1.807) is 12.3 Å². The van der Waals surface area contributed by atoms with Crippen LogP contribution >= 0.6 is 0 Å². The number of fused-ring (bicyclic) bond motifs is 3. The summed E-state index contributed by atoms with van der Waals surface area (Å²) in [7, 11) is 0. The largest absolute Gasteiger partial charge is 1.00 e. The summed E-state index contributed by atoms with van der Waals surface area (Å²) < 4.78 is 0. The molecule has 1 aliphatic heterocycles. The molecule has 7 heteroatoms. The summed E-state index contributed by atoms with van der Waals surface area (Å²) in [5, 5.41) is 13.7. The maximum Gasteiger partial charge on any atom is 1.00 e. The zero-order valence-electron chi connectivity index (χ0n) is 11.9. The van der Waals surface area contributed by atoms with Gasteiger partial charge in [-0.2, -0.15) is 0 Å². The van der Waals surface area contributed by atoms with E-state index >= 15 is 0 Å². The molecule has 0 radical (unpaired) electrons. The third-order valence-electron chi connectivity index (χ3n) is 4.27. The Morgan fingerprint density at radius 1 is 1.27 bits per heavy atom. The number of pyridine rings is 2. The molecule has 1 unspecified atom stereocenters. The number of nitrogens with zero attached hydrogens (tertiary/aromatic N) is 2. The van der Waals surface area contributed by atoms with Crippen LogP contribution in [0.1, 0.15) is 27.2 Å². The van der Waals surface area contributed by atoms with E-state index in [1.165, 1.54) is 12.3 Å². The second-order valence-electron chi connectivity index (χ2n) is 5.42. The predicted molar refractivity (Wildman–Crippen MR) is 70.5 cm³/mol. The van der Waals surface area contributed by atoms with Crippen molar-refractivity contribution < 1.29 is 44.3 Å². The van der Waals surface area contributed by atoms with Gasteiger partial charge < -0.3 is 15.2 Å². The first kappa shape index (κ1) is 15.1. The third kappa shape index (κ3) is 1.99. The number of aromatic nitrogens is 2. The van der Waals surface area contributed by atoms with E-state index < -0.39 is 11.4 Å². The fraction of sp³-hybridized carbons (Fsp3) is 0.200. The van der Waals surface area contributed by atoms with E-state index in [4.69, 9.17) is 0 Å². The van der Waals surface area contributed by atoms with Crippen LogP contribution < -0.4 is 40.0 Å². The van der Waals surface area contributed by atoms with Crippen LogP contribution in [0.5, 0.6) is 0 Å². The SMILES string of the molecule is O=C([O-])c1cc2c(cn1)CC1(C2)C(=O)Nc2ncccc21.[Na+]. The number of carboxylic acid groups (broad SMARTS) is 1. The van der Waals surface area contributed by atoms with Gasteiger partial charge in [-0.15, -0.1) is 0 Å². The third-order valence-corrected chi connectivity index (χ3v) is 4.27. The molecular weight excluding hydrogens is 293 g/mol. The van der Waals surface area contributed by atoms with Gasteiger partial charge in [-0.3, -0.25) is 9.78 Å². The molecular formula is C15H10N3NaO3. The summed E-state index contributed by atoms with van der Waals surface area (Å²) in [6.07, 6.45) is 4.12. The average Bonchev–Trinajstić information content (AvgIpc) is 2.98. The van der Waals surface area contributed by atoms with E-state index in [0.717, 1.165) is 16.7 Å². The van der Waals surface area contributed by atoms with Gasteiger partial charge in [0.1, 0.15) is 5.82 Å². The fourth-order valence-electron chi connectivity index (χ4n) is 3.27. The van der Waals surface area contributed by atoms with E-state index in [2.05, 4.69) is 15.3 Å². The quantitative estimate of drug-likeness (QED) is 0.561. The van der Waals surface area contributed by atoms with Crippen LogP contribution in [0.3, 0.4) is 0 Å². The molecule has 1 amide bonds. The van der Waals surface area contributed by atoms with E-state index in [9.17, 15) is 14.7 Å². The Bertz CT molecular complexity index is 808. The molecule has 0 fully saturated rings. The minimum atomic E-state index is -1.31. The molecule has 22 heavy (non-hydrogen) atoms. The van der Waals surface area contributed by atoms with Crippen LogP contribution in [-0.2, 0) is 23.1 Å². The number of amides is 1. The van der Waals surface area contributed by atoms with Gasteiger partial charge in [0.15, 0.2) is 0 Å². The van der Waals surface area contributed by atoms with Gasteiger partial charge in [0, 0.05) is 18.0 Å². The second-order valence-corrected chi connectivity index (χ2v) is 5.42. The van der Waals surface area contributed by atoms with Crippen LogP contribution in [0.4, 0.5) is 5.82 Å². The summed E-state index contributed by atoms with van der Waals surface area (Å²) in [5.41, 5.74) is 1.79. The number of hydrogen-bond donors (Lipinski definition) is 1. The molecule has 2 aromatic heterocycles. The summed E-state index contributed by atoms with van der Waals surface area (Å²) in [4.78, 5) is 31.4. The predicted octanol–water partition coefficient (Wildman–Crippen LogP) is -3.17. The molecule has 0 bridgehead atoms.